The highest BCUT2D eigenvalue weighted by atomic mass is 35.5. The Morgan fingerprint density at radius 1 is 1.08 bits per heavy atom. The molecule has 6 rings (SSSR count). The molecule has 2 aromatic carbocycles. The molecule has 14 heteroatoms. The number of imide groups is 1. The van der Waals surface area contributed by atoms with E-state index in [0.29, 0.717) is 46.8 Å². The summed E-state index contributed by atoms with van der Waals surface area (Å²) in [7, 11) is 3.15. The van der Waals surface area contributed by atoms with Crippen molar-refractivity contribution in [3.8, 4) is 5.75 Å². The van der Waals surface area contributed by atoms with Crippen LogP contribution in [-0.2, 0) is 21.4 Å². The summed E-state index contributed by atoms with van der Waals surface area (Å²) in [4.78, 5) is 59.6. The number of nitrogens with one attached hydrogen (secondary N) is 4. The van der Waals surface area contributed by atoms with Crippen LogP contribution in [0.4, 0.5) is 23.1 Å². The molecule has 4 heterocycles. The molecule has 3 amide bonds. The molecule has 0 aliphatic carbocycles. The predicted molar refractivity (Wildman–Crippen MR) is 184 cm³/mol. The van der Waals surface area contributed by atoms with E-state index in [0.717, 1.165) is 49.1 Å². The van der Waals surface area contributed by atoms with Gasteiger partial charge in [-0.15, -0.1) is 0 Å². The summed E-state index contributed by atoms with van der Waals surface area (Å²) in [6.07, 6.45) is 4.53. The lowest BCUT2D eigenvalue weighted by molar-refractivity contribution is -0.134. The van der Waals surface area contributed by atoms with E-state index in [1.807, 2.05) is 42.5 Å². The van der Waals surface area contributed by atoms with Gasteiger partial charge in [-0.3, -0.25) is 24.5 Å². The first kappa shape index (κ1) is 32.8. The van der Waals surface area contributed by atoms with Gasteiger partial charge in [-0.2, -0.15) is 4.98 Å². The number of piperidine rings is 2. The Hall–Kier alpha value is -5.17. The van der Waals surface area contributed by atoms with Crippen molar-refractivity contribution >= 4 is 63.4 Å². The maximum atomic E-state index is 12.7. The van der Waals surface area contributed by atoms with E-state index >= 15 is 0 Å². The fourth-order valence-electron chi connectivity index (χ4n) is 6.10. The quantitative estimate of drug-likeness (QED) is 0.183. The van der Waals surface area contributed by atoms with Crippen LogP contribution in [0.3, 0.4) is 0 Å². The number of carbonyl (C=O) groups is 3. The normalized spacial score (nSPS) is 17.9. The van der Waals surface area contributed by atoms with E-state index < -0.39 is 0 Å². The SMILES string of the molecule is CNC(=O)COc1cc2cc(Nc3nc(N4CCC[C@H](CNc5ccc(C6CCC(=O)NC6=O)cc5)C4)ncc3Cl)ccc2n(C)c1=O. The Morgan fingerprint density at radius 2 is 1.88 bits per heavy atom. The number of halogens is 1. The predicted octanol–water partition coefficient (Wildman–Crippen LogP) is 3.70. The summed E-state index contributed by atoms with van der Waals surface area (Å²) in [5, 5.41) is 12.8. The largest absolute Gasteiger partial charge is 0.478 e. The van der Waals surface area contributed by atoms with Crippen LogP contribution in [-0.4, -0.2) is 65.5 Å². The molecule has 0 saturated carbocycles. The summed E-state index contributed by atoms with van der Waals surface area (Å²) in [5.41, 5.74) is 2.94. The van der Waals surface area contributed by atoms with Crippen molar-refractivity contribution in [3.05, 3.63) is 75.7 Å². The third-order valence-corrected chi connectivity index (χ3v) is 9.05. The maximum absolute atomic E-state index is 12.7. The second-order valence-electron chi connectivity index (χ2n) is 12.1. The van der Waals surface area contributed by atoms with Gasteiger partial charge in [-0.1, -0.05) is 23.7 Å². The minimum absolute atomic E-state index is 0.0755. The van der Waals surface area contributed by atoms with Gasteiger partial charge in [0.25, 0.3) is 11.5 Å². The average Bonchev–Trinajstić information content (AvgIpc) is 3.09. The van der Waals surface area contributed by atoms with Crippen molar-refractivity contribution in [2.24, 2.45) is 13.0 Å². The van der Waals surface area contributed by atoms with E-state index in [1.54, 1.807) is 19.3 Å². The molecule has 4 aromatic rings. The molecule has 250 valence electrons. The van der Waals surface area contributed by atoms with Gasteiger partial charge in [0.1, 0.15) is 5.02 Å². The molecular weight excluding hydrogens is 636 g/mol. The van der Waals surface area contributed by atoms with Gasteiger partial charge in [0, 0.05) is 56.9 Å². The number of aryl methyl sites for hydroxylation is 1. The number of likely N-dealkylation sites (N-methyl/N-ethyl adjacent to an activating group) is 1. The zero-order valence-corrected chi connectivity index (χ0v) is 27.5. The summed E-state index contributed by atoms with van der Waals surface area (Å²) in [6, 6.07) is 15.0. The smallest absolute Gasteiger partial charge is 0.293 e. The van der Waals surface area contributed by atoms with Crippen LogP contribution in [0.5, 0.6) is 5.75 Å². The number of benzene rings is 2. The van der Waals surface area contributed by atoms with Crippen LogP contribution in [0.2, 0.25) is 5.02 Å². The first-order chi connectivity index (χ1) is 23.2. The van der Waals surface area contributed by atoms with Crippen molar-refractivity contribution in [1.29, 1.82) is 0 Å². The summed E-state index contributed by atoms with van der Waals surface area (Å²) < 4.78 is 6.96. The summed E-state index contributed by atoms with van der Waals surface area (Å²) in [6.45, 7) is 2.09. The number of fused-ring (bicyclic) bond motifs is 1. The van der Waals surface area contributed by atoms with Crippen molar-refractivity contribution in [1.82, 2.24) is 25.2 Å². The van der Waals surface area contributed by atoms with Crippen molar-refractivity contribution in [2.45, 2.75) is 31.6 Å². The molecule has 2 saturated heterocycles. The number of carbonyl (C=O) groups excluding carboxylic acids is 3. The van der Waals surface area contributed by atoms with Crippen LogP contribution in [0.25, 0.3) is 10.9 Å². The van der Waals surface area contributed by atoms with Crippen molar-refractivity contribution in [3.63, 3.8) is 0 Å². The Bertz CT molecular complexity index is 1910. The Kier molecular flexibility index (Phi) is 9.76. The Labute approximate surface area is 282 Å². The molecule has 2 aliphatic rings. The van der Waals surface area contributed by atoms with Crippen molar-refractivity contribution < 1.29 is 19.1 Å². The van der Waals surface area contributed by atoms with Gasteiger partial charge in [0.05, 0.1) is 17.6 Å². The Morgan fingerprint density at radius 3 is 2.65 bits per heavy atom. The topological polar surface area (TPSA) is 160 Å². The van der Waals surface area contributed by atoms with Crippen LogP contribution >= 0.6 is 11.6 Å². The van der Waals surface area contributed by atoms with E-state index in [9.17, 15) is 19.2 Å². The molecule has 4 N–H and O–H groups in total. The van der Waals surface area contributed by atoms with E-state index in [4.69, 9.17) is 21.3 Å². The molecule has 0 bridgehead atoms. The molecular formula is C34H37ClN8O5. The third-order valence-electron chi connectivity index (χ3n) is 8.77. The van der Waals surface area contributed by atoms with Crippen LogP contribution in [0.1, 0.15) is 37.2 Å². The standard InChI is InChI=1S/C34H37ClN8O5/c1-36-30(45)19-48-28-15-22-14-24(9-11-27(22)42(2)33(28)47)39-31-26(35)17-38-34(41-31)43-13-3-4-20(18-43)16-37-23-7-5-21(6-8-23)25-10-12-29(44)40-32(25)46/h5-9,11,14-15,17,20,25,37H,3-4,10,12-13,16,18-19H2,1-2H3,(H,36,45)(H,38,39,41)(H,40,44,46)/t20-,25?/m1/s1. The highest BCUT2D eigenvalue weighted by Crippen LogP contribution is 2.30. The first-order valence-electron chi connectivity index (χ1n) is 15.9. The maximum Gasteiger partial charge on any atom is 0.293 e. The Balaban J connectivity index is 1.10. The molecule has 2 aliphatic heterocycles. The van der Waals surface area contributed by atoms with E-state index in [1.165, 1.54) is 11.6 Å². The molecule has 2 atom stereocenters. The fraction of sp³-hybridized carbons (Fsp3) is 0.353. The minimum atomic E-state index is -0.340. The third kappa shape index (κ3) is 7.36. The van der Waals surface area contributed by atoms with Crippen LogP contribution in [0.15, 0.2) is 59.5 Å². The van der Waals surface area contributed by atoms with E-state index in [2.05, 4.69) is 31.2 Å². The number of hydrogen-bond donors (Lipinski definition) is 4. The van der Waals surface area contributed by atoms with Crippen LogP contribution in [0, 0.1) is 5.92 Å². The number of amides is 3. The number of rotatable bonds is 10. The molecule has 48 heavy (non-hydrogen) atoms. The molecule has 13 nitrogen and oxygen atoms in total. The first-order valence-corrected chi connectivity index (χ1v) is 16.3. The number of aromatic nitrogens is 3. The highest BCUT2D eigenvalue weighted by molar-refractivity contribution is 6.32. The average molecular weight is 673 g/mol. The molecule has 0 radical (unpaired) electrons. The lowest BCUT2D eigenvalue weighted by atomic mass is 9.90. The summed E-state index contributed by atoms with van der Waals surface area (Å²) >= 11 is 6.52. The lowest BCUT2D eigenvalue weighted by Crippen LogP contribution is -2.39. The van der Waals surface area contributed by atoms with Gasteiger partial charge in [-0.25, -0.2) is 4.98 Å². The van der Waals surface area contributed by atoms with Gasteiger partial charge < -0.3 is 30.2 Å². The number of anilines is 4. The highest BCUT2D eigenvalue weighted by Gasteiger charge is 2.28. The number of nitrogens with zero attached hydrogens (tertiary/aromatic N) is 4. The fourth-order valence-corrected chi connectivity index (χ4v) is 6.24. The zero-order chi connectivity index (χ0) is 33.8. The molecule has 1 unspecified atom stereocenters. The van der Waals surface area contributed by atoms with Gasteiger partial charge in [0.2, 0.25) is 17.8 Å². The second kappa shape index (κ2) is 14.3. The van der Waals surface area contributed by atoms with Crippen molar-refractivity contribution in [2.75, 3.05) is 48.8 Å². The lowest BCUT2D eigenvalue weighted by Gasteiger charge is -2.33. The van der Waals surface area contributed by atoms with E-state index in [-0.39, 0.29) is 41.6 Å². The number of pyridine rings is 1. The van der Waals surface area contributed by atoms with Gasteiger partial charge >= 0.3 is 0 Å². The second-order valence-corrected chi connectivity index (χ2v) is 12.5. The summed E-state index contributed by atoms with van der Waals surface area (Å²) in [5.74, 6) is 0.384. The molecule has 2 aromatic heterocycles. The van der Waals surface area contributed by atoms with Crippen LogP contribution < -0.4 is 36.5 Å². The molecule has 2 fully saturated rings. The van der Waals surface area contributed by atoms with Gasteiger partial charge in [-0.05, 0) is 67.1 Å². The number of hydrogen-bond acceptors (Lipinski definition) is 10. The molecule has 0 spiro atoms. The number of ether oxygens (including phenoxy) is 1. The minimum Gasteiger partial charge on any atom is -0.478 e. The monoisotopic (exact) mass is 672 g/mol. The zero-order valence-electron chi connectivity index (χ0n) is 26.7. The van der Waals surface area contributed by atoms with Gasteiger partial charge in [0.15, 0.2) is 18.2 Å².